The lowest BCUT2D eigenvalue weighted by molar-refractivity contribution is -0.236. The summed E-state index contributed by atoms with van der Waals surface area (Å²) in [6.07, 6.45) is -12.8. The van der Waals surface area contributed by atoms with Gasteiger partial charge >= 0.3 is 18.4 Å². The average molecular weight is 316 g/mol. The molecule has 0 fully saturated rings. The van der Waals surface area contributed by atoms with E-state index in [-0.39, 0.29) is 10.6 Å². The molecule has 0 heterocycles. The number of hydrogen-bond acceptors (Lipinski definition) is 2. The van der Waals surface area contributed by atoms with Crippen molar-refractivity contribution in [2.75, 3.05) is 12.4 Å². The Kier molecular flexibility index (Phi) is 4.72. The maximum atomic E-state index is 12.4. The van der Waals surface area contributed by atoms with Gasteiger partial charge in [0.2, 0.25) is 6.23 Å². The molecule has 1 rings (SSSR count). The number of amides is 2. The fraction of sp³-hybridized carbons (Fsp3) is 0.364. The Bertz CT molecular complexity index is 514. The first kappa shape index (κ1) is 17.1. The number of alkyl halides is 6. The van der Waals surface area contributed by atoms with Gasteiger partial charge in [-0.1, -0.05) is 6.07 Å². The van der Waals surface area contributed by atoms with E-state index in [9.17, 15) is 31.1 Å². The number of nitrogens with zero attached hydrogens (tertiary/aromatic N) is 1. The molecular formula is C11H10F6N2O2. The minimum atomic E-state index is -5.07. The number of nitrogens with one attached hydrogen (secondary N) is 1. The summed E-state index contributed by atoms with van der Waals surface area (Å²) in [6, 6.07) is 1.95. The molecule has 1 aromatic rings. The molecule has 0 saturated heterocycles. The van der Waals surface area contributed by atoms with Gasteiger partial charge in [0.1, 0.15) is 0 Å². The molecule has 0 aliphatic heterocycles. The molecule has 4 nitrogen and oxygen atoms in total. The van der Waals surface area contributed by atoms with Crippen molar-refractivity contribution in [2.45, 2.75) is 18.6 Å². The van der Waals surface area contributed by atoms with E-state index in [1.807, 2.05) is 5.32 Å². The van der Waals surface area contributed by atoms with Crippen molar-refractivity contribution < 1.29 is 36.2 Å². The monoisotopic (exact) mass is 316 g/mol. The number of carbonyl (C=O) groups excluding carboxylic acids is 1. The van der Waals surface area contributed by atoms with E-state index in [4.69, 9.17) is 5.11 Å². The van der Waals surface area contributed by atoms with Gasteiger partial charge in [-0.05, 0) is 18.2 Å². The van der Waals surface area contributed by atoms with Gasteiger partial charge in [0.25, 0.3) is 0 Å². The van der Waals surface area contributed by atoms with Crippen molar-refractivity contribution in [3.05, 3.63) is 29.8 Å². The van der Waals surface area contributed by atoms with Crippen LogP contribution in [0.5, 0.6) is 0 Å². The first-order chi connectivity index (χ1) is 9.43. The highest BCUT2D eigenvalue weighted by Crippen LogP contribution is 2.30. The summed E-state index contributed by atoms with van der Waals surface area (Å²) in [7, 11) is 0.654. The molecule has 0 spiro atoms. The largest absolute Gasteiger partial charge is 0.433 e. The standard InChI is InChI=1S/C11H10F6N2O2/c1-19(8(20)11(15,16)17)9(21)18-7-4-2-3-6(5-7)10(12,13)14/h2-5,8,20H,1H3,(H,18,21). The topological polar surface area (TPSA) is 52.6 Å². The maximum Gasteiger partial charge on any atom is 0.433 e. The molecule has 1 unspecified atom stereocenters. The smallest absolute Gasteiger partial charge is 0.366 e. The molecular weight excluding hydrogens is 306 g/mol. The van der Waals surface area contributed by atoms with Crippen molar-refractivity contribution in [3.8, 4) is 0 Å². The highest BCUT2D eigenvalue weighted by atomic mass is 19.4. The number of hydrogen-bond donors (Lipinski definition) is 2. The Morgan fingerprint density at radius 3 is 2.29 bits per heavy atom. The highest BCUT2D eigenvalue weighted by Gasteiger charge is 2.43. The van der Waals surface area contributed by atoms with Crippen LogP contribution in [0.2, 0.25) is 0 Å². The molecule has 0 aromatic heterocycles. The third-order valence-electron chi connectivity index (χ3n) is 2.42. The molecule has 0 aliphatic rings. The summed E-state index contributed by atoms with van der Waals surface area (Å²) in [5.74, 6) is 0. The lowest BCUT2D eigenvalue weighted by Gasteiger charge is -2.25. The predicted octanol–water partition coefficient (Wildman–Crippen LogP) is 3.05. The van der Waals surface area contributed by atoms with E-state index in [0.29, 0.717) is 13.1 Å². The van der Waals surface area contributed by atoms with Crippen LogP contribution >= 0.6 is 0 Å². The summed E-state index contributed by atoms with van der Waals surface area (Å²) in [6.45, 7) is 0. The van der Waals surface area contributed by atoms with Gasteiger partial charge in [0.05, 0.1) is 5.56 Å². The van der Waals surface area contributed by atoms with Crippen LogP contribution in [0.3, 0.4) is 0 Å². The van der Waals surface area contributed by atoms with Gasteiger partial charge in [-0.15, -0.1) is 0 Å². The number of benzene rings is 1. The minimum Gasteiger partial charge on any atom is -0.366 e. The number of aliphatic hydroxyl groups excluding tert-OH is 1. The molecule has 1 aromatic carbocycles. The van der Waals surface area contributed by atoms with Crippen molar-refractivity contribution >= 4 is 11.7 Å². The van der Waals surface area contributed by atoms with Gasteiger partial charge < -0.3 is 10.4 Å². The Labute approximate surface area is 115 Å². The van der Waals surface area contributed by atoms with E-state index < -0.39 is 30.2 Å². The Hall–Kier alpha value is -1.97. The van der Waals surface area contributed by atoms with Gasteiger partial charge in [-0.25, -0.2) is 4.79 Å². The van der Waals surface area contributed by atoms with Crippen molar-refractivity contribution in [2.24, 2.45) is 0 Å². The first-order valence-electron chi connectivity index (χ1n) is 5.39. The zero-order valence-corrected chi connectivity index (χ0v) is 10.5. The first-order valence-corrected chi connectivity index (χ1v) is 5.39. The SMILES string of the molecule is CN(C(=O)Nc1cccc(C(F)(F)F)c1)C(O)C(F)(F)F. The summed E-state index contributed by atoms with van der Waals surface area (Å²) in [5, 5.41) is 10.7. The highest BCUT2D eigenvalue weighted by molar-refractivity contribution is 5.89. The molecule has 0 saturated carbocycles. The summed E-state index contributed by atoms with van der Waals surface area (Å²) in [5.41, 5.74) is -1.42. The third kappa shape index (κ3) is 4.52. The van der Waals surface area contributed by atoms with Crippen LogP contribution in [0.4, 0.5) is 36.8 Å². The van der Waals surface area contributed by atoms with Crippen LogP contribution < -0.4 is 5.32 Å². The van der Waals surface area contributed by atoms with E-state index in [1.165, 1.54) is 0 Å². The number of aliphatic hydroxyl groups is 1. The van der Waals surface area contributed by atoms with E-state index in [0.717, 1.165) is 18.2 Å². The van der Waals surface area contributed by atoms with E-state index in [2.05, 4.69) is 0 Å². The zero-order valence-electron chi connectivity index (χ0n) is 10.5. The number of halogens is 6. The third-order valence-corrected chi connectivity index (χ3v) is 2.42. The van der Waals surface area contributed by atoms with Gasteiger partial charge in [-0.3, -0.25) is 4.90 Å². The second-order valence-corrected chi connectivity index (χ2v) is 4.03. The second-order valence-electron chi connectivity index (χ2n) is 4.03. The maximum absolute atomic E-state index is 12.4. The fourth-order valence-electron chi connectivity index (χ4n) is 1.32. The molecule has 2 N–H and O–H groups in total. The Balaban J connectivity index is 2.85. The molecule has 0 aliphatic carbocycles. The van der Waals surface area contributed by atoms with Crippen LogP contribution in [0.25, 0.3) is 0 Å². The van der Waals surface area contributed by atoms with Crippen LogP contribution in [0, 0.1) is 0 Å². The Morgan fingerprint density at radius 2 is 1.81 bits per heavy atom. The minimum absolute atomic E-state index is 0.0831. The summed E-state index contributed by atoms with van der Waals surface area (Å²) >= 11 is 0. The second kappa shape index (κ2) is 5.80. The lowest BCUT2D eigenvalue weighted by Crippen LogP contribution is -2.48. The van der Waals surface area contributed by atoms with E-state index >= 15 is 0 Å². The number of urea groups is 1. The molecule has 118 valence electrons. The molecule has 1 atom stereocenters. The number of carbonyl (C=O) groups is 1. The number of anilines is 1. The van der Waals surface area contributed by atoms with Crippen molar-refractivity contribution in [1.82, 2.24) is 4.90 Å². The van der Waals surface area contributed by atoms with Crippen LogP contribution in [0.1, 0.15) is 5.56 Å². The van der Waals surface area contributed by atoms with Gasteiger partial charge in [-0.2, -0.15) is 26.3 Å². The lowest BCUT2D eigenvalue weighted by atomic mass is 10.2. The molecule has 0 radical (unpaired) electrons. The van der Waals surface area contributed by atoms with Gasteiger partial charge in [0.15, 0.2) is 0 Å². The molecule has 2 amide bonds. The Morgan fingerprint density at radius 1 is 1.24 bits per heavy atom. The van der Waals surface area contributed by atoms with E-state index in [1.54, 1.807) is 0 Å². The molecule has 10 heteroatoms. The zero-order chi connectivity index (χ0) is 16.4. The molecule has 0 bridgehead atoms. The molecule has 21 heavy (non-hydrogen) atoms. The summed E-state index contributed by atoms with van der Waals surface area (Å²) < 4.78 is 73.9. The summed E-state index contributed by atoms with van der Waals surface area (Å²) in [4.78, 5) is 11.4. The average Bonchev–Trinajstić information content (AvgIpc) is 2.35. The normalized spacial score (nSPS) is 13.7. The van der Waals surface area contributed by atoms with Crippen molar-refractivity contribution in [3.63, 3.8) is 0 Å². The number of rotatable bonds is 2. The van der Waals surface area contributed by atoms with Crippen LogP contribution in [0.15, 0.2) is 24.3 Å². The van der Waals surface area contributed by atoms with Crippen molar-refractivity contribution in [1.29, 1.82) is 0 Å². The quantitative estimate of drug-likeness (QED) is 0.651. The van der Waals surface area contributed by atoms with Gasteiger partial charge in [0, 0.05) is 12.7 Å². The van der Waals surface area contributed by atoms with Crippen LogP contribution in [-0.4, -0.2) is 35.5 Å². The predicted molar refractivity (Wildman–Crippen MR) is 60.3 cm³/mol. The fourth-order valence-corrected chi connectivity index (χ4v) is 1.32. The van der Waals surface area contributed by atoms with Crippen LogP contribution in [-0.2, 0) is 6.18 Å².